The van der Waals surface area contributed by atoms with E-state index in [4.69, 9.17) is 9.84 Å². The van der Waals surface area contributed by atoms with Crippen molar-refractivity contribution in [1.82, 2.24) is 15.1 Å². The fourth-order valence-corrected chi connectivity index (χ4v) is 2.00. The van der Waals surface area contributed by atoms with Crippen LogP contribution in [-0.2, 0) is 4.74 Å². The Hall–Kier alpha value is -1.40. The number of aromatic nitrogens is 2. The Balaban J connectivity index is 1.81. The van der Waals surface area contributed by atoms with Gasteiger partial charge in [-0.2, -0.15) is 5.10 Å². The molecule has 2 rings (SSSR count). The molecule has 1 amide bonds. The van der Waals surface area contributed by atoms with Gasteiger partial charge in [0.25, 0.3) is 5.91 Å². The first kappa shape index (κ1) is 12.1. The number of hydrogen-bond donors (Lipinski definition) is 2. The number of piperidine rings is 1. The van der Waals surface area contributed by atoms with Crippen molar-refractivity contribution in [2.75, 3.05) is 26.3 Å². The van der Waals surface area contributed by atoms with Crippen LogP contribution in [0.25, 0.3) is 0 Å². The molecule has 2 heterocycles. The Morgan fingerprint density at radius 3 is 2.94 bits per heavy atom. The van der Waals surface area contributed by atoms with Crippen LogP contribution in [0, 0.1) is 0 Å². The van der Waals surface area contributed by atoms with Crippen molar-refractivity contribution < 1.29 is 14.6 Å². The van der Waals surface area contributed by atoms with E-state index in [0.717, 1.165) is 12.8 Å². The first-order valence-electron chi connectivity index (χ1n) is 5.82. The number of H-pyrrole nitrogens is 1. The van der Waals surface area contributed by atoms with E-state index in [1.807, 2.05) is 4.90 Å². The molecule has 1 saturated heterocycles. The second kappa shape index (κ2) is 5.79. The van der Waals surface area contributed by atoms with Gasteiger partial charge in [0.05, 0.1) is 31.1 Å². The summed E-state index contributed by atoms with van der Waals surface area (Å²) in [6, 6.07) is 0. The molecule has 1 aromatic heterocycles. The predicted molar refractivity (Wildman–Crippen MR) is 60.6 cm³/mol. The summed E-state index contributed by atoms with van der Waals surface area (Å²) in [5, 5.41) is 15.1. The third kappa shape index (κ3) is 3.04. The number of aromatic amines is 1. The number of likely N-dealkylation sites (tertiary alicyclic amines) is 1. The zero-order chi connectivity index (χ0) is 12.1. The molecule has 2 N–H and O–H groups in total. The number of hydrogen-bond acceptors (Lipinski definition) is 4. The monoisotopic (exact) mass is 239 g/mol. The molecule has 0 aliphatic carbocycles. The fraction of sp³-hybridized carbons (Fsp3) is 0.636. The average Bonchev–Trinajstić information content (AvgIpc) is 2.90. The van der Waals surface area contributed by atoms with Gasteiger partial charge < -0.3 is 14.7 Å². The van der Waals surface area contributed by atoms with Gasteiger partial charge in [-0.25, -0.2) is 0 Å². The summed E-state index contributed by atoms with van der Waals surface area (Å²) in [5.41, 5.74) is 0.597. The lowest BCUT2D eigenvalue weighted by molar-refractivity contribution is -0.00554. The molecule has 1 aromatic rings. The van der Waals surface area contributed by atoms with Gasteiger partial charge in [-0.05, 0) is 12.8 Å². The maximum absolute atomic E-state index is 12.0. The summed E-state index contributed by atoms with van der Waals surface area (Å²) in [6.07, 6.45) is 4.95. The van der Waals surface area contributed by atoms with E-state index in [-0.39, 0.29) is 18.6 Å². The van der Waals surface area contributed by atoms with Crippen LogP contribution in [0.3, 0.4) is 0 Å². The maximum Gasteiger partial charge on any atom is 0.257 e. The van der Waals surface area contributed by atoms with Crippen LogP contribution >= 0.6 is 0 Å². The smallest absolute Gasteiger partial charge is 0.257 e. The summed E-state index contributed by atoms with van der Waals surface area (Å²) >= 11 is 0. The van der Waals surface area contributed by atoms with Gasteiger partial charge in [0, 0.05) is 19.3 Å². The summed E-state index contributed by atoms with van der Waals surface area (Å²) in [7, 11) is 0. The Bertz CT molecular complexity index is 345. The molecule has 6 heteroatoms. The second-order valence-corrected chi connectivity index (χ2v) is 4.07. The number of rotatable bonds is 4. The number of carbonyl (C=O) groups is 1. The van der Waals surface area contributed by atoms with E-state index in [1.54, 1.807) is 6.20 Å². The van der Waals surface area contributed by atoms with Crippen molar-refractivity contribution >= 4 is 5.91 Å². The topological polar surface area (TPSA) is 78.5 Å². The Morgan fingerprint density at radius 1 is 1.59 bits per heavy atom. The highest BCUT2D eigenvalue weighted by atomic mass is 16.5. The molecule has 0 spiro atoms. The van der Waals surface area contributed by atoms with Crippen molar-refractivity contribution in [2.24, 2.45) is 0 Å². The lowest BCUT2D eigenvalue weighted by Crippen LogP contribution is -2.41. The minimum absolute atomic E-state index is 0.0133. The van der Waals surface area contributed by atoms with Crippen molar-refractivity contribution in [1.29, 1.82) is 0 Å². The SMILES string of the molecule is O=C(c1cn[nH]c1)N1CCC(OCCO)CC1. The highest BCUT2D eigenvalue weighted by Crippen LogP contribution is 2.15. The van der Waals surface area contributed by atoms with E-state index in [9.17, 15) is 4.79 Å². The number of carbonyl (C=O) groups excluding carboxylic acids is 1. The number of nitrogens with one attached hydrogen (secondary N) is 1. The normalized spacial score (nSPS) is 17.4. The van der Waals surface area contributed by atoms with Crippen LogP contribution < -0.4 is 0 Å². The van der Waals surface area contributed by atoms with Gasteiger partial charge in [-0.1, -0.05) is 0 Å². The molecule has 1 fully saturated rings. The largest absolute Gasteiger partial charge is 0.394 e. The fourth-order valence-electron chi connectivity index (χ4n) is 2.00. The van der Waals surface area contributed by atoms with Crippen LogP contribution in [0.2, 0.25) is 0 Å². The lowest BCUT2D eigenvalue weighted by Gasteiger charge is -2.31. The molecule has 17 heavy (non-hydrogen) atoms. The van der Waals surface area contributed by atoms with Crippen LogP contribution in [-0.4, -0.2) is 58.5 Å². The minimum Gasteiger partial charge on any atom is -0.394 e. The summed E-state index contributed by atoms with van der Waals surface area (Å²) in [5.74, 6) is 0.0133. The second-order valence-electron chi connectivity index (χ2n) is 4.07. The van der Waals surface area contributed by atoms with Gasteiger partial charge in [-0.3, -0.25) is 9.89 Å². The molecule has 0 atom stereocenters. The Labute approximate surface area is 99.6 Å². The van der Waals surface area contributed by atoms with Gasteiger partial charge in [-0.15, -0.1) is 0 Å². The maximum atomic E-state index is 12.0. The molecule has 0 aromatic carbocycles. The summed E-state index contributed by atoms with van der Waals surface area (Å²) in [4.78, 5) is 13.8. The molecule has 0 unspecified atom stereocenters. The average molecular weight is 239 g/mol. The number of amides is 1. The third-order valence-corrected chi connectivity index (χ3v) is 2.92. The van der Waals surface area contributed by atoms with Crippen molar-refractivity contribution in [3.8, 4) is 0 Å². The first-order valence-corrected chi connectivity index (χ1v) is 5.82. The quantitative estimate of drug-likeness (QED) is 0.776. The van der Waals surface area contributed by atoms with Gasteiger partial charge in [0.1, 0.15) is 0 Å². The highest BCUT2D eigenvalue weighted by molar-refractivity contribution is 5.93. The molecular weight excluding hydrogens is 222 g/mol. The first-order chi connectivity index (χ1) is 8.31. The lowest BCUT2D eigenvalue weighted by atomic mass is 10.1. The van der Waals surface area contributed by atoms with Crippen LogP contribution in [0.4, 0.5) is 0 Å². The molecule has 94 valence electrons. The molecule has 6 nitrogen and oxygen atoms in total. The van der Waals surface area contributed by atoms with Gasteiger partial charge in [0.15, 0.2) is 0 Å². The van der Waals surface area contributed by atoms with Crippen LogP contribution in [0.15, 0.2) is 12.4 Å². The molecule has 0 bridgehead atoms. The number of nitrogens with zero attached hydrogens (tertiary/aromatic N) is 2. The van der Waals surface area contributed by atoms with Crippen LogP contribution in [0.1, 0.15) is 23.2 Å². The van der Waals surface area contributed by atoms with Gasteiger partial charge >= 0.3 is 0 Å². The number of aliphatic hydroxyl groups excluding tert-OH is 1. The zero-order valence-electron chi connectivity index (χ0n) is 9.63. The van der Waals surface area contributed by atoms with E-state index in [0.29, 0.717) is 25.3 Å². The van der Waals surface area contributed by atoms with E-state index >= 15 is 0 Å². The van der Waals surface area contributed by atoms with E-state index in [1.165, 1.54) is 6.20 Å². The predicted octanol–water partition coefficient (Wildman–Crippen LogP) is 0.0232. The summed E-state index contributed by atoms with van der Waals surface area (Å²) < 4.78 is 5.44. The van der Waals surface area contributed by atoms with Crippen molar-refractivity contribution in [3.05, 3.63) is 18.0 Å². The number of aliphatic hydroxyl groups is 1. The molecule has 1 aliphatic rings. The van der Waals surface area contributed by atoms with E-state index < -0.39 is 0 Å². The highest BCUT2D eigenvalue weighted by Gasteiger charge is 2.24. The molecule has 1 aliphatic heterocycles. The number of ether oxygens (including phenoxy) is 1. The summed E-state index contributed by atoms with van der Waals surface area (Å²) in [6.45, 7) is 1.81. The Morgan fingerprint density at radius 2 is 2.35 bits per heavy atom. The van der Waals surface area contributed by atoms with E-state index in [2.05, 4.69) is 10.2 Å². The molecule has 0 saturated carbocycles. The molecule has 0 radical (unpaired) electrons. The zero-order valence-corrected chi connectivity index (χ0v) is 9.63. The minimum atomic E-state index is 0.0133. The van der Waals surface area contributed by atoms with Crippen molar-refractivity contribution in [3.63, 3.8) is 0 Å². The third-order valence-electron chi connectivity index (χ3n) is 2.92. The van der Waals surface area contributed by atoms with Gasteiger partial charge in [0.2, 0.25) is 0 Å². The standard InChI is InChI=1S/C11H17N3O3/c15-5-6-17-10-1-3-14(4-2-10)11(16)9-7-12-13-8-9/h7-8,10,15H,1-6H2,(H,12,13). The van der Waals surface area contributed by atoms with Crippen LogP contribution in [0.5, 0.6) is 0 Å². The van der Waals surface area contributed by atoms with Crippen molar-refractivity contribution in [2.45, 2.75) is 18.9 Å². The Kier molecular flexibility index (Phi) is 4.11. The molecular formula is C11H17N3O3.